The molecule has 1 aromatic rings. The Bertz CT molecular complexity index is 559. The molecule has 0 amide bonds. The zero-order chi connectivity index (χ0) is 18.9. The summed E-state index contributed by atoms with van der Waals surface area (Å²) < 4.78 is 5.53. The number of hydrogen-bond acceptors (Lipinski definition) is 6. The van der Waals surface area contributed by atoms with Crippen LogP contribution in [0.4, 0.5) is 5.69 Å². The zero-order valence-electron chi connectivity index (χ0n) is 13.1. The molecule has 134 valence electrons. The Morgan fingerprint density at radius 3 is 1.96 bits per heavy atom. The molecule has 0 aliphatic rings. The number of benzene rings is 1. The van der Waals surface area contributed by atoms with E-state index in [1.807, 2.05) is 38.1 Å². The lowest BCUT2D eigenvalue weighted by atomic mass is 10.2. The van der Waals surface area contributed by atoms with Gasteiger partial charge in [0.2, 0.25) is 0 Å². The summed E-state index contributed by atoms with van der Waals surface area (Å²) in [6.07, 6.45) is -4.43. The summed E-state index contributed by atoms with van der Waals surface area (Å²) in [4.78, 5) is 19.5. The second-order valence-corrected chi connectivity index (χ2v) is 4.77. The predicted molar refractivity (Wildman–Crippen MR) is 85.0 cm³/mol. The van der Waals surface area contributed by atoms with Crippen LogP contribution in [0.15, 0.2) is 24.3 Å². The van der Waals surface area contributed by atoms with Gasteiger partial charge in [-0.1, -0.05) is 12.1 Å². The molecule has 0 saturated heterocycles. The van der Waals surface area contributed by atoms with E-state index in [9.17, 15) is 9.59 Å². The molecular formula is C14H21N3O7. The predicted octanol–water partition coefficient (Wildman–Crippen LogP) is -0.343. The van der Waals surface area contributed by atoms with Gasteiger partial charge in [0, 0.05) is 0 Å². The Balaban J connectivity index is 0.000000470. The summed E-state index contributed by atoms with van der Waals surface area (Å²) >= 11 is 0. The van der Waals surface area contributed by atoms with Crippen molar-refractivity contribution >= 4 is 23.6 Å². The molecule has 10 heteroatoms. The molecule has 1 rings (SSSR count). The van der Waals surface area contributed by atoms with E-state index in [1.54, 1.807) is 0 Å². The third-order valence-corrected chi connectivity index (χ3v) is 2.32. The number of aliphatic hydroxyl groups is 2. The molecule has 1 aromatic carbocycles. The number of ether oxygens (including phenoxy) is 1. The summed E-state index contributed by atoms with van der Waals surface area (Å²) in [6, 6.07) is 7.39. The summed E-state index contributed by atoms with van der Waals surface area (Å²) in [7, 11) is 0. The fourth-order valence-electron chi connectivity index (χ4n) is 1.34. The second-order valence-electron chi connectivity index (χ2n) is 4.77. The minimum absolute atomic E-state index is 0.0928. The third-order valence-electron chi connectivity index (χ3n) is 2.32. The third kappa shape index (κ3) is 7.96. The van der Waals surface area contributed by atoms with Gasteiger partial charge < -0.3 is 36.2 Å². The first-order chi connectivity index (χ1) is 11.1. The van der Waals surface area contributed by atoms with Crippen molar-refractivity contribution in [2.24, 2.45) is 5.73 Å². The molecule has 0 heterocycles. The molecule has 0 spiro atoms. The minimum atomic E-state index is -2.27. The average molecular weight is 343 g/mol. The van der Waals surface area contributed by atoms with Crippen molar-refractivity contribution in [1.82, 2.24) is 0 Å². The van der Waals surface area contributed by atoms with Crippen LogP contribution in [0.2, 0.25) is 0 Å². The van der Waals surface area contributed by atoms with Crippen molar-refractivity contribution in [2.45, 2.75) is 32.2 Å². The van der Waals surface area contributed by atoms with Crippen LogP contribution in [0.3, 0.4) is 0 Å². The summed E-state index contributed by atoms with van der Waals surface area (Å²) in [5, 5.41) is 42.4. The van der Waals surface area contributed by atoms with Gasteiger partial charge in [-0.25, -0.2) is 9.59 Å². The molecule has 2 atom stereocenters. The van der Waals surface area contributed by atoms with Gasteiger partial charge in [0.15, 0.2) is 18.2 Å². The van der Waals surface area contributed by atoms with E-state index < -0.39 is 24.1 Å². The first-order valence-corrected chi connectivity index (χ1v) is 6.74. The fourth-order valence-corrected chi connectivity index (χ4v) is 1.34. The van der Waals surface area contributed by atoms with Crippen LogP contribution in [0.5, 0.6) is 5.75 Å². The van der Waals surface area contributed by atoms with Crippen LogP contribution >= 0.6 is 0 Å². The number of aliphatic carboxylic acids is 2. The van der Waals surface area contributed by atoms with Gasteiger partial charge in [0.25, 0.3) is 0 Å². The van der Waals surface area contributed by atoms with E-state index in [0.29, 0.717) is 11.4 Å². The Labute approximate surface area is 138 Å². The van der Waals surface area contributed by atoms with Gasteiger partial charge >= 0.3 is 11.9 Å². The maximum absolute atomic E-state index is 9.77. The van der Waals surface area contributed by atoms with Crippen molar-refractivity contribution in [1.29, 1.82) is 5.41 Å². The van der Waals surface area contributed by atoms with Gasteiger partial charge in [-0.05, 0) is 26.0 Å². The molecule has 0 radical (unpaired) electrons. The lowest BCUT2D eigenvalue weighted by Crippen LogP contribution is -2.39. The number of para-hydroxylation sites is 2. The number of carbonyl (C=O) groups is 2. The molecule has 8 N–H and O–H groups in total. The van der Waals surface area contributed by atoms with Crippen molar-refractivity contribution in [2.75, 3.05) is 5.32 Å². The minimum Gasteiger partial charge on any atom is -0.489 e. The number of aliphatic hydroxyl groups excluding tert-OH is 2. The number of anilines is 1. The average Bonchev–Trinajstić information content (AvgIpc) is 2.47. The van der Waals surface area contributed by atoms with E-state index in [2.05, 4.69) is 5.32 Å². The Hall–Kier alpha value is -2.85. The molecule has 0 aliphatic carbocycles. The van der Waals surface area contributed by atoms with E-state index in [4.69, 9.17) is 36.3 Å². The van der Waals surface area contributed by atoms with Crippen LogP contribution in [-0.4, -0.2) is 56.6 Å². The maximum atomic E-state index is 9.77. The Morgan fingerprint density at radius 1 is 1.12 bits per heavy atom. The lowest BCUT2D eigenvalue weighted by molar-refractivity contribution is -0.165. The summed E-state index contributed by atoms with van der Waals surface area (Å²) in [6.45, 7) is 3.90. The van der Waals surface area contributed by atoms with Gasteiger partial charge in [-0.15, -0.1) is 0 Å². The number of nitrogens with two attached hydrogens (primary N) is 1. The van der Waals surface area contributed by atoms with Crippen molar-refractivity contribution in [3.8, 4) is 5.75 Å². The Kier molecular flexibility index (Phi) is 8.83. The van der Waals surface area contributed by atoms with Crippen molar-refractivity contribution in [3.05, 3.63) is 24.3 Å². The van der Waals surface area contributed by atoms with Crippen molar-refractivity contribution in [3.63, 3.8) is 0 Å². The highest BCUT2D eigenvalue weighted by Crippen LogP contribution is 2.24. The number of rotatable bonds is 6. The summed E-state index contributed by atoms with van der Waals surface area (Å²) in [5.41, 5.74) is 5.96. The molecule has 0 saturated carbocycles. The topological polar surface area (TPSA) is 186 Å². The standard InChI is InChI=1S/C10H15N3O.C4H6O6/c1-7(2)14-9-6-4-3-5-8(9)13-10(11)12;5-1(3(7)8)2(6)4(9)10/h3-7H,1-2H3,(H4,11,12,13);1-2,5-6H,(H,7,8)(H,9,10). The first-order valence-electron chi connectivity index (χ1n) is 6.74. The van der Waals surface area contributed by atoms with Gasteiger partial charge in [0.1, 0.15) is 5.75 Å². The molecule has 0 fully saturated rings. The van der Waals surface area contributed by atoms with Gasteiger partial charge in [0.05, 0.1) is 11.8 Å². The monoisotopic (exact) mass is 343 g/mol. The second kappa shape index (κ2) is 10.0. The largest absolute Gasteiger partial charge is 0.489 e. The van der Waals surface area contributed by atoms with Crippen LogP contribution in [0, 0.1) is 5.41 Å². The highest BCUT2D eigenvalue weighted by molar-refractivity contribution is 5.91. The SMILES string of the molecule is CC(C)Oc1ccccc1NC(=N)N.O=C(O)C(O)C(O)C(=O)O. The number of guanidine groups is 1. The lowest BCUT2D eigenvalue weighted by Gasteiger charge is -2.14. The normalized spacial score (nSPS) is 12.4. The highest BCUT2D eigenvalue weighted by atomic mass is 16.5. The highest BCUT2D eigenvalue weighted by Gasteiger charge is 2.29. The van der Waals surface area contributed by atoms with E-state index in [1.165, 1.54) is 0 Å². The molecule has 2 unspecified atom stereocenters. The van der Waals surface area contributed by atoms with E-state index >= 15 is 0 Å². The van der Waals surface area contributed by atoms with E-state index in [-0.39, 0.29) is 12.1 Å². The molecule has 0 aromatic heterocycles. The fraction of sp³-hybridized carbons (Fsp3) is 0.357. The number of nitrogens with one attached hydrogen (secondary N) is 2. The zero-order valence-corrected chi connectivity index (χ0v) is 13.1. The smallest absolute Gasteiger partial charge is 0.335 e. The van der Waals surface area contributed by atoms with Crippen molar-refractivity contribution < 1.29 is 34.8 Å². The molecule has 10 nitrogen and oxygen atoms in total. The molecule has 0 bridgehead atoms. The first kappa shape index (κ1) is 21.1. The summed E-state index contributed by atoms with van der Waals surface area (Å²) in [5.74, 6) is -2.92. The quantitative estimate of drug-likeness (QED) is 0.268. The number of carboxylic acid groups (broad SMARTS) is 2. The van der Waals surface area contributed by atoms with E-state index in [0.717, 1.165) is 0 Å². The van der Waals surface area contributed by atoms with Crippen LogP contribution in [-0.2, 0) is 9.59 Å². The maximum Gasteiger partial charge on any atom is 0.335 e. The Morgan fingerprint density at radius 2 is 1.58 bits per heavy atom. The van der Waals surface area contributed by atoms with Crippen LogP contribution < -0.4 is 15.8 Å². The molecule has 24 heavy (non-hydrogen) atoms. The number of hydrogen-bond donors (Lipinski definition) is 7. The number of carboxylic acids is 2. The molecule has 0 aliphatic heterocycles. The van der Waals surface area contributed by atoms with Crippen LogP contribution in [0.1, 0.15) is 13.8 Å². The molecular weight excluding hydrogens is 322 g/mol. The van der Waals surface area contributed by atoms with Gasteiger partial charge in [-0.2, -0.15) is 0 Å². The van der Waals surface area contributed by atoms with Gasteiger partial charge in [-0.3, -0.25) is 5.41 Å². The van der Waals surface area contributed by atoms with Crippen LogP contribution in [0.25, 0.3) is 0 Å².